The number of piperazine rings is 1. The monoisotopic (exact) mass is 523 g/mol. The topological polar surface area (TPSA) is 80.1 Å². The summed E-state index contributed by atoms with van der Waals surface area (Å²) in [5, 5.41) is 4.90. The number of nitrogens with zero attached hydrogens (tertiary/aromatic N) is 5. The van der Waals surface area contributed by atoms with Crippen LogP contribution in [0, 0.1) is 0 Å². The molecule has 1 aromatic heterocycles. The minimum Gasteiger partial charge on any atom is -0.395 e. The lowest BCUT2D eigenvalue weighted by atomic mass is 9.83. The van der Waals surface area contributed by atoms with E-state index >= 15 is 0 Å². The zero-order valence-corrected chi connectivity index (χ0v) is 20.9. The number of benzene rings is 1. The molecule has 0 amide bonds. The summed E-state index contributed by atoms with van der Waals surface area (Å²) < 4.78 is 61.4. The summed E-state index contributed by atoms with van der Waals surface area (Å²) in [6.45, 7) is 6.60. The van der Waals surface area contributed by atoms with Crippen LogP contribution in [-0.2, 0) is 9.84 Å². The van der Waals surface area contributed by atoms with Crippen LogP contribution in [0.4, 0.5) is 14.6 Å². The van der Waals surface area contributed by atoms with Crippen LogP contribution in [0.2, 0.25) is 0 Å². The van der Waals surface area contributed by atoms with Gasteiger partial charge in [-0.15, -0.1) is 13.9 Å². The molecule has 36 heavy (non-hydrogen) atoms. The average Bonchev–Trinajstić information content (AvgIpc) is 3.36. The number of ether oxygens (including phenoxy) is 2. The largest absolute Gasteiger partial charge is 0.586 e. The molecule has 1 aliphatic carbocycles. The molecule has 3 fully saturated rings. The molecule has 4 aliphatic rings. The second kappa shape index (κ2) is 9.14. The lowest BCUT2D eigenvalue weighted by molar-refractivity contribution is -0.286. The molecule has 2 saturated heterocycles. The Balaban J connectivity index is 1.11. The molecule has 196 valence electrons. The molecule has 0 atom stereocenters. The first-order valence-corrected chi connectivity index (χ1v) is 14.5. The van der Waals surface area contributed by atoms with Crippen molar-refractivity contribution >= 4 is 15.7 Å². The van der Waals surface area contributed by atoms with E-state index in [0.717, 1.165) is 63.6 Å². The van der Waals surface area contributed by atoms with Gasteiger partial charge in [0.15, 0.2) is 27.2 Å². The molecular formula is C24H31F2N5O4S. The standard InChI is InChI=1S/C24H31F2N5O4S/c25-24(26)34-21-5-4-19(16-22(21)35-24)31-20(18-2-1-3-18)17-23(27-31)30-10-8-28(9-11-30)6-7-29-12-14-36(32,33)15-13-29/h4-5,16-18H,1-3,6-15H2. The van der Waals surface area contributed by atoms with Gasteiger partial charge in [-0.1, -0.05) is 6.42 Å². The normalized spacial score (nSPS) is 24.1. The molecule has 2 aromatic rings. The third kappa shape index (κ3) is 4.90. The van der Waals surface area contributed by atoms with Gasteiger partial charge >= 0.3 is 6.29 Å². The quantitative estimate of drug-likeness (QED) is 0.571. The number of hydrogen-bond acceptors (Lipinski definition) is 8. The third-order valence-corrected chi connectivity index (χ3v) is 9.35. The fraction of sp³-hybridized carbons (Fsp3) is 0.625. The van der Waals surface area contributed by atoms with Gasteiger partial charge in [0.25, 0.3) is 0 Å². The Bertz CT molecular complexity index is 1210. The smallest absolute Gasteiger partial charge is 0.395 e. The van der Waals surface area contributed by atoms with E-state index in [1.54, 1.807) is 12.1 Å². The molecule has 1 aromatic carbocycles. The molecule has 6 rings (SSSR count). The van der Waals surface area contributed by atoms with Gasteiger partial charge in [0.2, 0.25) is 0 Å². The van der Waals surface area contributed by atoms with Crippen molar-refractivity contribution < 1.29 is 26.7 Å². The van der Waals surface area contributed by atoms with E-state index < -0.39 is 16.1 Å². The first kappa shape index (κ1) is 23.9. The van der Waals surface area contributed by atoms with Gasteiger partial charge in [0, 0.05) is 76.1 Å². The summed E-state index contributed by atoms with van der Waals surface area (Å²) in [7, 11) is -2.85. The van der Waals surface area contributed by atoms with Crippen LogP contribution in [0.3, 0.4) is 0 Å². The molecule has 9 nitrogen and oxygen atoms in total. The van der Waals surface area contributed by atoms with Crippen molar-refractivity contribution in [3.63, 3.8) is 0 Å². The summed E-state index contributed by atoms with van der Waals surface area (Å²) in [6, 6.07) is 6.96. The van der Waals surface area contributed by atoms with Gasteiger partial charge in [0.05, 0.1) is 17.2 Å². The minimum absolute atomic E-state index is 0.0222. The average molecular weight is 524 g/mol. The Hall–Kier alpha value is -2.44. The van der Waals surface area contributed by atoms with Crippen molar-refractivity contribution in [2.45, 2.75) is 31.5 Å². The van der Waals surface area contributed by atoms with Crippen LogP contribution < -0.4 is 14.4 Å². The highest BCUT2D eigenvalue weighted by molar-refractivity contribution is 7.91. The Morgan fingerprint density at radius 2 is 1.58 bits per heavy atom. The second-order valence-corrected chi connectivity index (χ2v) is 12.4. The number of fused-ring (bicyclic) bond motifs is 1. The highest BCUT2D eigenvalue weighted by Crippen LogP contribution is 2.43. The van der Waals surface area contributed by atoms with E-state index in [-0.39, 0.29) is 23.0 Å². The zero-order chi connectivity index (χ0) is 24.9. The van der Waals surface area contributed by atoms with Crippen molar-refractivity contribution in [1.29, 1.82) is 0 Å². The first-order chi connectivity index (χ1) is 17.2. The Labute approximate surface area is 209 Å². The molecule has 0 bridgehead atoms. The predicted molar refractivity (Wildman–Crippen MR) is 130 cm³/mol. The Kier molecular flexibility index (Phi) is 6.08. The summed E-state index contributed by atoms with van der Waals surface area (Å²) >= 11 is 0. The van der Waals surface area contributed by atoms with E-state index in [1.807, 2.05) is 4.68 Å². The van der Waals surface area contributed by atoms with E-state index in [4.69, 9.17) is 5.10 Å². The molecule has 4 heterocycles. The summed E-state index contributed by atoms with van der Waals surface area (Å²) in [6.07, 6.45) is -0.267. The molecule has 1 saturated carbocycles. The van der Waals surface area contributed by atoms with Crippen LogP contribution in [-0.4, -0.2) is 98.2 Å². The van der Waals surface area contributed by atoms with Gasteiger partial charge in [-0.3, -0.25) is 4.90 Å². The fourth-order valence-electron chi connectivity index (χ4n) is 5.27. The molecule has 0 spiro atoms. The van der Waals surface area contributed by atoms with Gasteiger partial charge in [0.1, 0.15) is 0 Å². The zero-order valence-electron chi connectivity index (χ0n) is 20.1. The number of rotatable bonds is 6. The summed E-state index contributed by atoms with van der Waals surface area (Å²) in [4.78, 5) is 6.94. The van der Waals surface area contributed by atoms with E-state index in [0.29, 0.717) is 24.7 Å². The SMILES string of the molecule is O=S1(=O)CCN(CCN2CCN(c3cc(C4CCC4)n(-c4ccc5c(c4)OC(F)(F)O5)n3)CC2)CC1. The van der Waals surface area contributed by atoms with Gasteiger partial charge in [-0.05, 0) is 25.0 Å². The summed E-state index contributed by atoms with van der Waals surface area (Å²) in [5.74, 6) is 1.89. The second-order valence-electron chi connectivity index (χ2n) is 10.1. The maximum Gasteiger partial charge on any atom is 0.586 e. The number of hydrogen-bond donors (Lipinski definition) is 0. The highest BCUT2D eigenvalue weighted by Gasteiger charge is 2.43. The molecular weight excluding hydrogens is 492 g/mol. The lowest BCUT2D eigenvalue weighted by Gasteiger charge is -2.36. The van der Waals surface area contributed by atoms with Crippen LogP contribution in [0.1, 0.15) is 30.9 Å². The Morgan fingerprint density at radius 3 is 2.25 bits per heavy atom. The number of sulfone groups is 1. The van der Waals surface area contributed by atoms with Crippen molar-refractivity contribution in [2.75, 3.05) is 68.8 Å². The van der Waals surface area contributed by atoms with Crippen molar-refractivity contribution in [3.05, 3.63) is 30.0 Å². The van der Waals surface area contributed by atoms with Crippen molar-refractivity contribution in [3.8, 4) is 17.2 Å². The first-order valence-electron chi connectivity index (χ1n) is 12.6. The fourth-order valence-corrected chi connectivity index (χ4v) is 6.54. The van der Waals surface area contributed by atoms with Crippen molar-refractivity contribution in [2.24, 2.45) is 0 Å². The maximum absolute atomic E-state index is 13.5. The number of halogens is 2. The Morgan fingerprint density at radius 1 is 0.917 bits per heavy atom. The summed E-state index contributed by atoms with van der Waals surface area (Å²) in [5.41, 5.74) is 1.79. The van der Waals surface area contributed by atoms with E-state index in [9.17, 15) is 17.2 Å². The highest BCUT2D eigenvalue weighted by atomic mass is 32.2. The van der Waals surface area contributed by atoms with Crippen LogP contribution in [0.5, 0.6) is 11.5 Å². The van der Waals surface area contributed by atoms with Gasteiger partial charge < -0.3 is 19.3 Å². The molecule has 0 unspecified atom stereocenters. The van der Waals surface area contributed by atoms with E-state index in [1.165, 1.54) is 12.5 Å². The third-order valence-electron chi connectivity index (χ3n) is 7.74. The number of anilines is 1. The van der Waals surface area contributed by atoms with Gasteiger partial charge in [-0.2, -0.15) is 0 Å². The molecule has 3 aliphatic heterocycles. The molecule has 0 radical (unpaired) electrons. The maximum atomic E-state index is 13.5. The van der Waals surface area contributed by atoms with Crippen LogP contribution in [0.25, 0.3) is 5.69 Å². The van der Waals surface area contributed by atoms with Crippen LogP contribution in [0.15, 0.2) is 24.3 Å². The lowest BCUT2D eigenvalue weighted by Crippen LogP contribution is -2.50. The predicted octanol–water partition coefficient (Wildman–Crippen LogP) is 2.31. The van der Waals surface area contributed by atoms with Crippen LogP contribution >= 0.6 is 0 Å². The molecule has 0 N–H and O–H groups in total. The minimum atomic E-state index is -3.64. The number of alkyl halides is 2. The van der Waals surface area contributed by atoms with Crippen molar-refractivity contribution in [1.82, 2.24) is 19.6 Å². The van der Waals surface area contributed by atoms with E-state index in [2.05, 4.69) is 30.2 Å². The number of aromatic nitrogens is 2. The van der Waals surface area contributed by atoms with Gasteiger partial charge in [-0.25, -0.2) is 13.1 Å². The molecule has 12 heteroatoms.